The first-order chi connectivity index (χ1) is 4.16. The maximum absolute atomic E-state index is 10.3. The first-order valence-corrected chi connectivity index (χ1v) is 3.86. The third kappa shape index (κ3) is 5.45. The van der Waals surface area contributed by atoms with Gasteiger partial charge in [-0.1, -0.05) is 0 Å². The molecule has 0 aromatic heterocycles. The molecule has 0 saturated carbocycles. The Morgan fingerprint density at radius 3 is 2.67 bits per heavy atom. The van der Waals surface area contributed by atoms with Crippen molar-refractivity contribution < 1.29 is 13.7 Å². The predicted molar refractivity (Wildman–Crippen MR) is 34.1 cm³/mol. The van der Waals surface area contributed by atoms with E-state index in [0.717, 1.165) is 0 Å². The molecule has 0 rings (SSSR count). The number of nitrogens with one attached hydrogen (secondary N) is 1. The summed E-state index contributed by atoms with van der Waals surface area (Å²) in [6, 6.07) is 0. The molecule has 4 nitrogen and oxygen atoms in total. The lowest BCUT2D eigenvalue weighted by Gasteiger charge is -1.96. The summed E-state index contributed by atoms with van der Waals surface area (Å²) in [5.74, 6) is -0.412. The second kappa shape index (κ2) is 4.46. The lowest BCUT2D eigenvalue weighted by atomic mass is 10.7. The molecule has 9 heavy (non-hydrogen) atoms. The molecule has 1 N–H and O–H groups in total. The van der Waals surface area contributed by atoms with Crippen molar-refractivity contribution in [2.75, 3.05) is 19.9 Å². The summed E-state index contributed by atoms with van der Waals surface area (Å²) in [5, 5.41) is 0. The highest BCUT2D eigenvalue weighted by atomic mass is 32.2. The Bertz CT molecular complexity index is 125. The SMILES string of the molecule is COC(=O)CNS(C)=O. The van der Waals surface area contributed by atoms with Crippen LogP contribution in [0, 0.1) is 0 Å². The zero-order valence-electron chi connectivity index (χ0n) is 5.34. The average Bonchev–Trinajstić information content (AvgIpc) is 1.83. The Morgan fingerprint density at radius 2 is 2.33 bits per heavy atom. The summed E-state index contributed by atoms with van der Waals surface area (Å²) >= 11 is 0. The third-order valence-corrected chi connectivity index (χ3v) is 1.20. The number of carbonyl (C=O) groups excluding carboxylic acids is 1. The van der Waals surface area contributed by atoms with Gasteiger partial charge in [0.05, 0.1) is 18.1 Å². The zero-order valence-corrected chi connectivity index (χ0v) is 6.16. The van der Waals surface area contributed by atoms with Crippen molar-refractivity contribution in [2.45, 2.75) is 0 Å². The van der Waals surface area contributed by atoms with Gasteiger partial charge in [-0.15, -0.1) is 0 Å². The molecule has 5 heteroatoms. The van der Waals surface area contributed by atoms with Crippen molar-refractivity contribution in [2.24, 2.45) is 0 Å². The monoisotopic (exact) mass is 151 g/mol. The second-order valence-electron chi connectivity index (χ2n) is 1.35. The van der Waals surface area contributed by atoms with Gasteiger partial charge in [0.2, 0.25) is 0 Å². The van der Waals surface area contributed by atoms with Gasteiger partial charge in [-0.3, -0.25) is 4.79 Å². The molecule has 0 aromatic rings. The van der Waals surface area contributed by atoms with Crippen LogP contribution in [0.1, 0.15) is 0 Å². The molecule has 0 amide bonds. The molecule has 0 aliphatic carbocycles. The van der Waals surface area contributed by atoms with E-state index < -0.39 is 17.0 Å². The van der Waals surface area contributed by atoms with Crippen molar-refractivity contribution in [1.82, 2.24) is 4.72 Å². The van der Waals surface area contributed by atoms with Gasteiger partial charge in [0.15, 0.2) is 0 Å². The van der Waals surface area contributed by atoms with Crippen molar-refractivity contribution in [3.8, 4) is 0 Å². The molecular weight excluding hydrogens is 142 g/mol. The van der Waals surface area contributed by atoms with Gasteiger partial charge in [-0.05, 0) is 0 Å². The van der Waals surface area contributed by atoms with Crippen molar-refractivity contribution in [3.63, 3.8) is 0 Å². The fraction of sp³-hybridized carbons (Fsp3) is 0.750. The van der Waals surface area contributed by atoms with Crippen LogP contribution in [-0.2, 0) is 20.5 Å². The summed E-state index contributed by atoms with van der Waals surface area (Å²) < 4.78 is 16.9. The van der Waals surface area contributed by atoms with Crippen LogP contribution < -0.4 is 4.72 Å². The van der Waals surface area contributed by atoms with Crippen molar-refractivity contribution in [3.05, 3.63) is 0 Å². The van der Waals surface area contributed by atoms with Gasteiger partial charge < -0.3 is 4.74 Å². The molecule has 54 valence electrons. The minimum Gasteiger partial charge on any atom is -0.468 e. The smallest absolute Gasteiger partial charge is 0.320 e. The third-order valence-electron chi connectivity index (χ3n) is 0.647. The number of esters is 1. The summed E-state index contributed by atoms with van der Waals surface area (Å²) in [7, 11) is 0.142. The normalized spacial score (nSPS) is 12.7. The van der Waals surface area contributed by atoms with Crippen LogP contribution in [0.15, 0.2) is 0 Å². The Balaban J connectivity index is 3.28. The van der Waals surface area contributed by atoms with Gasteiger partial charge >= 0.3 is 5.97 Å². The highest BCUT2D eigenvalue weighted by molar-refractivity contribution is 7.82. The fourth-order valence-corrected chi connectivity index (χ4v) is 0.554. The molecule has 0 bridgehead atoms. The summed E-state index contributed by atoms with van der Waals surface area (Å²) in [6.07, 6.45) is 1.45. The minimum absolute atomic E-state index is 0.000386. The molecule has 0 aromatic carbocycles. The molecule has 0 heterocycles. The largest absolute Gasteiger partial charge is 0.468 e. The van der Waals surface area contributed by atoms with Crippen molar-refractivity contribution in [1.29, 1.82) is 0 Å². The molecule has 0 spiro atoms. The Morgan fingerprint density at radius 1 is 1.78 bits per heavy atom. The van der Waals surface area contributed by atoms with E-state index in [1.54, 1.807) is 0 Å². The maximum Gasteiger partial charge on any atom is 0.320 e. The highest BCUT2D eigenvalue weighted by Gasteiger charge is 1.98. The van der Waals surface area contributed by atoms with E-state index in [9.17, 15) is 9.00 Å². The molecule has 0 radical (unpaired) electrons. The van der Waals surface area contributed by atoms with Crippen LogP contribution in [0.4, 0.5) is 0 Å². The van der Waals surface area contributed by atoms with E-state index in [1.807, 2.05) is 0 Å². The predicted octanol–water partition coefficient (Wildman–Crippen LogP) is -0.958. The van der Waals surface area contributed by atoms with Gasteiger partial charge in [0.25, 0.3) is 0 Å². The Labute approximate surface area is 56.2 Å². The lowest BCUT2D eigenvalue weighted by molar-refractivity contribution is -0.139. The zero-order chi connectivity index (χ0) is 7.28. The molecule has 1 atom stereocenters. The van der Waals surface area contributed by atoms with Crippen LogP contribution in [0.3, 0.4) is 0 Å². The van der Waals surface area contributed by atoms with E-state index in [-0.39, 0.29) is 6.54 Å². The van der Waals surface area contributed by atoms with E-state index in [0.29, 0.717) is 0 Å². The Kier molecular flexibility index (Phi) is 4.25. The highest BCUT2D eigenvalue weighted by Crippen LogP contribution is 1.70. The molecule has 0 aliphatic rings. The standard InChI is InChI=1S/C4H9NO3S/c1-8-4(6)3-5-9(2)7/h5H,3H2,1-2H3. The van der Waals surface area contributed by atoms with Crippen molar-refractivity contribution >= 4 is 17.0 Å². The molecular formula is C4H9NO3S. The number of methoxy groups -OCH3 is 1. The summed E-state index contributed by atoms with van der Waals surface area (Å²) in [4.78, 5) is 10.3. The number of hydrogen-bond acceptors (Lipinski definition) is 3. The van der Waals surface area contributed by atoms with Crippen LogP contribution >= 0.6 is 0 Å². The van der Waals surface area contributed by atoms with Gasteiger partial charge in [0.1, 0.15) is 6.54 Å². The minimum atomic E-state index is -1.14. The molecule has 0 saturated heterocycles. The number of ether oxygens (including phenoxy) is 1. The van der Waals surface area contributed by atoms with E-state index >= 15 is 0 Å². The molecule has 1 unspecified atom stereocenters. The van der Waals surface area contributed by atoms with Crippen LogP contribution in [-0.4, -0.2) is 30.1 Å². The van der Waals surface area contributed by atoms with E-state index in [2.05, 4.69) is 9.46 Å². The fourth-order valence-electron chi connectivity index (χ4n) is 0.233. The molecule has 0 fully saturated rings. The number of carbonyl (C=O) groups is 1. The van der Waals surface area contributed by atoms with Gasteiger partial charge in [0, 0.05) is 6.26 Å². The number of hydrogen-bond donors (Lipinski definition) is 1. The summed E-state index contributed by atoms with van der Waals surface area (Å²) in [5.41, 5.74) is 0. The quantitative estimate of drug-likeness (QED) is 0.529. The van der Waals surface area contributed by atoms with E-state index in [4.69, 9.17) is 0 Å². The van der Waals surface area contributed by atoms with Gasteiger partial charge in [-0.2, -0.15) is 0 Å². The van der Waals surface area contributed by atoms with Crippen LogP contribution in [0.25, 0.3) is 0 Å². The van der Waals surface area contributed by atoms with Crippen LogP contribution in [0.5, 0.6) is 0 Å². The molecule has 0 aliphatic heterocycles. The first-order valence-electron chi connectivity index (χ1n) is 2.30. The topological polar surface area (TPSA) is 55.4 Å². The maximum atomic E-state index is 10.3. The number of rotatable bonds is 3. The second-order valence-corrected chi connectivity index (χ2v) is 2.55. The summed E-state index contributed by atoms with van der Waals surface area (Å²) in [6.45, 7) is -0.000386. The lowest BCUT2D eigenvalue weighted by Crippen LogP contribution is -2.24. The Hall–Kier alpha value is -0.420. The van der Waals surface area contributed by atoms with Gasteiger partial charge in [-0.25, -0.2) is 8.93 Å². The first kappa shape index (κ1) is 8.58. The average molecular weight is 151 g/mol. The van der Waals surface area contributed by atoms with Crippen LogP contribution in [0.2, 0.25) is 0 Å². The van der Waals surface area contributed by atoms with E-state index in [1.165, 1.54) is 13.4 Å².